The maximum absolute atomic E-state index is 11.4. The summed E-state index contributed by atoms with van der Waals surface area (Å²) in [6, 6.07) is 0. The summed E-state index contributed by atoms with van der Waals surface area (Å²) in [4.78, 5) is 21.6. The molecular weight excluding hydrogens is 256 g/mol. The Kier molecular flexibility index (Phi) is 10.9. The zero-order valence-corrected chi connectivity index (χ0v) is 12.0. The van der Waals surface area contributed by atoms with Crippen molar-refractivity contribution >= 4 is 36.1 Å². The first-order chi connectivity index (χ1) is 8.06. The van der Waals surface area contributed by atoms with Gasteiger partial charge in [-0.1, -0.05) is 6.42 Å². The summed E-state index contributed by atoms with van der Waals surface area (Å²) in [5.41, 5.74) is 0. The fourth-order valence-corrected chi connectivity index (χ4v) is 2.21. The molecular formula is C12H21O3S2-. The van der Waals surface area contributed by atoms with Gasteiger partial charge in [-0.2, -0.15) is 24.4 Å². The maximum Gasteiger partial charge on any atom is 0.133 e. The normalized spacial score (nSPS) is 12.4. The minimum atomic E-state index is -0.993. The minimum absolute atomic E-state index is 0.118. The van der Waals surface area contributed by atoms with E-state index >= 15 is 0 Å². The lowest BCUT2D eigenvalue weighted by atomic mass is 10.1. The van der Waals surface area contributed by atoms with E-state index in [2.05, 4.69) is 12.6 Å². The Morgan fingerprint density at radius 1 is 1.18 bits per heavy atom. The molecule has 0 spiro atoms. The number of aliphatic carboxylic acids is 1. The molecule has 0 fully saturated rings. The number of hydrogen-bond donors (Lipinski definition) is 1. The average molecular weight is 277 g/mol. The molecule has 0 aromatic carbocycles. The van der Waals surface area contributed by atoms with Crippen molar-refractivity contribution in [3.8, 4) is 0 Å². The van der Waals surface area contributed by atoms with Gasteiger partial charge < -0.3 is 9.90 Å². The van der Waals surface area contributed by atoms with Crippen molar-refractivity contribution in [1.29, 1.82) is 0 Å². The number of unbranched alkanes of at least 4 members (excludes halogenated alkanes) is 1. The van der Waals surface area contributed by atoms with Crippen LogP contribution in [0.25, 0.3) is 0 Å². The lowest BCUT2D eigenvalue weighted by Crippen LogP contribution is -2.21. The lowest BCUT2D eigenvalue weighted by Gasteiger charge is -2.10. The molecule has 1 unspecified atom stereocenters. The Labute approximate surface area is 113 Å². The number of Topliss-reactive ketones (excluding diaryl/α,β-unsaturated/α-hetero) is 1. The number of hydrogen-bond acceptors (Lipinski definition) is 5. The molecule has 0 aliphatic heterocycles. The van der Waals surface area contributed by atoms with Crippen LogP contribution in [0.5, 0.6) is 0 Å². The smallest absolute Gasteiger partial charge is 0.133 e. The van der Waals surface area contributed by atoms with Crippen LogP contribution in [0.15, 0.2) is 0 Å². The number of carboxylic acid groups (broad SMARTS) is 1. The van der Waals surface area contributed by atoms with Gasteiger partial charge >= 0.3 is 0 Å². The van der Waals surface area contributed by atoms with Gasteiger partial charge in [-0.3, -0.25) is 4.79 Å². The van der Waals surface area contributed by atoms with Crippen LogP contribution in [0.4, 0.5) is 0 Å². The van der Waals surface area contributed by atoms with E-state index in [1.54, 1.807) is 11.8 Å². The second-order valence-corrected chi connectivity index (χ2v) is 5.81. The highest BCUT2D eigenvalue weighted by Gasteiger charge is 2.07. The zero-order valence-electron chi connectivity index (χ0n) is 10.3. The molecule has 17 heavy (non-hydrogen) atoms. The van der Waals surface area contributed by atoms with E-state index in [9.17, 15) is 14.7 Å². The summed E-state index contributed by atoms with van der Waals surface area (Å²) in [7, 11) is 0. The number of rotatable bonds is 11. The Bertz CT molecular complexity index is 232. The second-order valence-electron chi connectivity index (χ2n) is 4.09. The highest BCUT2D eigenvalue weighted by Crippen LogP contribution is 2.15. The molecule has 100 valence electrons. The first-order valence-electron chi connectivity index (χ1n) is 5.94. The predicted octanol–water partition coefficient (Wildman–Crippen LogP) is 1.70. The van der Waals surface area contributed by atoms with Crippen LogP contribution >= 0.6 is 24.4 Å². The van der Waals surface area contributed by atoms with Crippen LogP contribution in [0, 0.1) is 0 Å². The fraction of sp³-hybridized carbons (Fsp3) is 0.833. The summed E-state index contributed by atoms with van der Waals surface area (Å²) in [5.74, 6) is 0.197. The SMILES string of the molecule is CSCCC(=O)CCC(S)CCCCC(=O)[O-]. The summed E-state index contributed by atoms with van der Waals surface area (Å²) < 4.78 is 0. The van der Waals surface area contributed by atoms with Crippen molar-refractivity contribution in [1.82, 2.24) is 0 Å². The largest absolute Gasteiger partial charge is 0.550 e. The predicted molar refractivity (Wildman–Crippen MR) is 73.5 cm³/mol. The lowest BCUT2D eigenvalue weighted by molar-refractivity contribution is -0.305. The van der Waals surface area contributed by atoms with Gasteiger partial charge in [0.25, 0.3) is 0 Å². The van der Waals surface area contributed by atoms with Crippen LogP contribution in [-0.2, 0) is 9.59 Å². The minimum Gasteiger partial charge on any atom is -0.550 e. The van der Waals surface area contributed by atoms with Gasteiger partial charge in [0.15, 0.2) is 0 Å². The third-order valence-corrected chi connectivity index (χ3v) is 3.64. The van der Waals surface area contributed by atoms with Gasteiger partial charge in [-0.25, -0.2) is 0 Å². The van der Waals surface area contributed by atoms with Crippen LogP contribution < -0.4 is 5.11 Å². The zero-order chi connectivity index (χ0) is 13.1. The van der Waals surface area contributed by atoms with Gasteiger partial charge in [0.1, 0.15) is 5.78 Å². The molecule has 1 atom stereocenters. The van der Waals surface area contributed by atoms with Crippen molar-refractivity contribution in [3.63, 3.8) is 0 Å². The van der Waals surface area contributed by atoms with Gasteiger partial charge in [-0.15, -0.1) is 0 Å². The van der Waals surface area contributed by atoms with E-state index in [0.29, 0.717) is 25.0 Å². The molecule has 0 radical (unpaired) electrons. The van der Waals surface area contributed by atoms with E-state index < -0.39 is 5.97 Å². The maximum atomic E-state index is 11.4. The van der Waals surface area contributed by atoms with Crippen LogP contribution in [0.2, 0.25) is 0 Å². The molecule has 0 aliphatic carbocycles. The third kappa shape index (κ3) is 12.1. The van der Waals surface area contributed by atoms with Crippen molar-refractivity contribution in [3.05, 3.63) is 0 Å². The Balaban J connectivity index is 3.42. The second kappa shape index (κ2) is 11.0. The van der Waals surface area contributed by atoms with Crippen molar-refractivity contribution in [2.24, 2.45) is 0 Å². The number of ketones is 1. The van der Waals surface area contributed by atoms with E-state index in [-0.39, 0.29) is 11.7 Å². The van der Waals surface area contributed by atoms with Gasteiger partial charge in [0.2, 0.25) is 0 Å². The summed E-state index contributed by atoms with van der Waals surface area (Å²) >= 11 is 6.08. The molecule has 0 aromatic heterocycles. The number of carbonyl (C=O) groups is 2. The summed E-state index contributed by atoms with van der Waals surface area (Å²) in [6.45, 7) is 0. The van der Waals surface area contributed by atoms with Crippen molar-refractivity contribution in [2.75, 3.05) is 12.0 Å². The van der Waals surface area contributed by atoms with Crippen LogP contribution in [-0.4, -0.2) is 29.0 Å². The molecule has 0 N–H and O–H groups in total. The molecule has 0 saturated carbocycles. The molecule has 0 amide bonds. The average Bonchev–Trinajstić information content (AvgIpc) is 2.29. The molecule has 5 heteroatoms. The Morgan fingerprint density at radius 2 is 1.88 bits per heavy atom. The first-order valence-corrected chi connectivity index (χ1v) is 7.85. The molecule has 0 rings (SSSR count). The van der Waals surface area contributed by atoms with Crippen molar-refractivity contribution in [2.45, 2.75) is 50.2 Å². The molecule has 0 aromatic rings. The van der Waals surface area contributed by atoms with E-state index in [0.717, 1.165) is 25.0 Å². The monoisotopic (exact) mass is 277 g/mol. The number of thioether (sulfide) groups is 1. The first kappa shape index (κ1) is 16.8. The molecule has 0 heterocycles. The Morgan fingerprint density at radius 3 is 2.47 bits per heavy atom. The van der Waals surface area contributed by atoms with Gasteiger partial charge in [-0.05, 0) is 37.7 Å². The fourth-order valence-electron chi connectivity index (χ4n) is 1.46. The third-order valence-electron chi connectivity index (χ3n) is 2.51. The quantitative estimate of drug-likeness (QED) is 0.461. The number of carbonyl (C=O) groups excluding carboxylic acids is 2. The summed E-state index contributed by atoms with van der Waals surface area (Å²) in [6.07, 6.45) is 6.48. The molecule has 0 bridgehead atoms. The van der Waals surface area contributed by atoms with E-state index in [1.165, 1.54) is 0 Å². The van der Waals surface area contributed by atoms with Gasteiger partial charge in [0, 0.05) is 24.1 Å². The Hall–Kier alpha value is -0.160. The molecule has 3 nitrogen and oxygen atoms in total. The van der Waals surface area contributed by atoms with Gasteiger partial charge in [0.05, 0.1) is 0 Å². The van der Waals surface area contributed by atoms with E-state index in [1.807, 2.05) is 6.26 Å². The van der Waals surface area contributed by atoms with Crippen LogP contribution in [0.1, 0.15) is 44.9 Å². The van der Waals surface area contributed by atoms with E-state index in [4.69, 9.17) is 0 Å². The van der Waals surface area contributed by atoms with Crippen molar-refractivity contribution < 1.29 is 14.7 Å². The van der Waals surface area contributed by atoms with Crippen LogP contribution in [0.3, 0.4) is 0 Å². The summed E-state index contributed by atoms with van der Waals surface area (Å²) in [5, 5.41) is 10.4. The molecule has 0 saturated heterocycles. The molecule has 0 aliphatic rings. The number of thiol groups is 1. The number of carboxylic acids is 1. The highest BCUT2D eigenvalue weighted by atomic mass is 32.2. The topological polar surface area (TPSA) is 57.2 Å². The standard InChI is InChI=1S/C12H22O3S2/c1-17-9-8-10(13)6-7-11(16)4-2-3-5-12(14)15/h11,16H,2-9H2,1H3,(H,14,15)/p-1. The highest BCUT2D eigenvalue weighted by molar-refractivity contribution is 7.98.